The minimum atomic E-state index is 0.0144. The summed E-state index contributed by atoms with van der Waals surface area (Å²) >= 11 is 1.36. The molecular formula is C11H22N6OS. The molecule has 2 N–H and O–H groups in total. The number of hydrogen-bond donors (Lipinski definition) is 2. The van der Waals surface area contributed by atoms with Crippen molar-refractivity contribution in [3.63, 3.8) is 0 Å². The highest BCUT2D eigenvalue weighted by Gasteiger charge is 2.10. The zero-order valence-corrected chi connectivity index (χ0v) is 12.5. The van der Waals surface area contributed by atoms with Crippen molar-refractivity contribution >= 4 is 17.7 Å². The van der Waals surface area contributed by atoms with Gasteiger partial charge < -0.3 is 10.6 Å². The fourth-order valence-electron chi connectivity index (χ4n) is 1.35. The van der Waals surface area contributed by atoms with Gasteiger partial charge in [-0.3, -0.25) is 4.79 Å². The van der Waals surface area contributed by atoms with Crippen molar-refractivity contribution in [3.05, 3.63) is 0 Å². The second kappa shape index (κ2) is 8.87. The molecule has 0 bridgehead atoms. The van der Waals surface area contributed by atoms with Gasteiger partial charge in [0.15, 0.2) is 0 Å². The van der Waals surface area contributed by atoms with E-state index in [0.717, 1.165) is 19.5 Å². The van der Waals surface area contributed by atoms with Crippen molar-refractivity contribution in [1.29, 1.82) is 0 Å². The van der Waals surface area contributed by atoms with Crippen LogP contribution in [0.5, 0.6) is 0 Å². The van der Waals surface area contributed by atoms with Crippen LogP contribution in [0.3, 0.4) is 0 Å². The van der Waals surface area contributed by atoms with Crippen molar-refractivity contribution in [3.8, 4) is 0 Å². The van der Waals surface area contributed by atoms with Crippen molar-refractivity contribution in [2.45, 2.75) is 44.9 Å². The molecule has 0 radical (unpaired) electrons. The SMILES string of the molecule is CCNCCn1nnnc1SCC(=O)NC(C)CC. The molecule has 0 saturated heterocycles. The van der Waals surface area contributed by atoms with Crippen molar-refractivity contribution in [1.82, 2.24) is 30.8 Å². The second-order valence-corrected chi connectivity index (χ2v) is 5.15. The lowest BCUT2D eigenvalue weighted by Crippen LogP contribution is -2.33. The molecule has 0 spiro atoms. The number of nitrogens with zero attached hydrogens (tertiary/aromatic N) is 4. The maximum absolute atomic E-state index is 11.7. The Balaban J connectivity index is 2.36. The fraction of sp³-hybridized carbons (Fsp3) is 0.818. The predicted molar refractivity (Wildman–Crippen MR) is 75.0 cm³/mol. The quantitative estimate of drug-likeness (QED) is 0.501. The highest BCUT2D eigenvalue weighted by Crippen LogP contribution is 2.12. The van der Waals surface area contributed by atoms with Gasteiger partial charge in [0.1, 0.15) is 0 Å². The molecule has 0 saturated carbocycles. The molecule has 8 heteroatoms. The van der Waals surface area contributed by atoms with Crippen LogP contribution >= 0.6 is 11.8 Å². The normalized spacial score (nSPS) is 12.4. The molecule has 1 aromatic rings. The predicted octanol–water partition coefficient (Wildman–Crippen LogP) is 0.289. The molecule has 0 aliphatic carbocycles. The summed E-state index contributed by atoms with van der Waals surface area (Å²) in [5.41, 5.74) is 0. The van der Waals surface area contributed by atoms with E-state index in [1.165, 1.54) is 11.8 Å². The standard InChI is InChI=1S/C11H22N6OS/c1-4-9(3)13-10(18)8-19-11-14-15-16-17(11)7-6-12-5-2/h9,12H,4-8H2,1-3H3,(H,13,18). The third-order valence-electron chi connectivity index (χ3n) is 2.60. The minimum absolute atomic E-state index is 0.0144. The summed E-state index contributed by atoms with van der Waals surface area (Å²) in [6.07, 6.45) is 0.927. The molecule has 0 aromatic carbocycles. The molecule has 19 heavy (non-hydrogen) atoms. The van der Waals surface area contributed by atoms with E-state index in [0.29, 0.717) is 17.5 Å². The molecule has 108 valence electrons. The molecule has 1 heterocycles. The largest absolute Gasteiger partial charge is 0.353 e. The lowest BCUT2D eigenvalue weighted by molar-refractivity contribution is -0.119. The van der Waals surface area contributed by atoms with Gasteiger partial charge in [-0.25, -0.2) is 4.68 Å². The van der Waals surface area contributed by atoms with Crippen LogP contribution in [0.1, 0.15) is 27.2 Å². The number of carbonyl (C=O) groups excluding carboxylic acids is 1. The Kier molecular flexibility index (Phi) is 7.42. The number of rotatable bonds is 9. The fourth-order valence-corrected chi connectivity index (χ4v) is 2.07. The first-order valence-corrected chi connectivity index (χ1v) is 7.55. The summed E-state index contributed by atoms with van der Waals surface area (Å²) in [5.74, 6) is 0.354. The van der Waals surface area contributed by atoms with Gasteiger partial charge in [0.25, 0.3) is 0 Å². The second-order valence-electron chi connectivity index (χ2n) is 4.20. The summed E-state index contributed by atoms with van der Waals surface area (Å²) in [6.45, 7) is 8.52. The monoisotopic (exact) mass is 286 g/mol. The summed E-state index contributed by atoms with van der Waals surface area (Å²) < 4.78 is 1.71. The van der Waals surface area contributed by atoms with Gasteiger partial charge in [0.2, 0.25) is 11.1 Å². The third-order valence-corrected chi connectivity index (χ3v) is 3.56. The summed E-state index contributed by atoms with van der Waals surface area (Å²) in [6, 6.07) is 0.206. The van der Waals surface area contributed by atoms with Crippen LogP contribution in [0.15, 0.2) is 5.16 Å². The van der Waals surface area contributed by atoms with Gasteiger partial charge in [-0.05, 0) is 30.3 Å². The van der Waals surface area contributed by atoms with Gasteiger partial charge in [-0.2, -0.15) is 0 Å². The van der Waals surface area contributed by atoms with E-state index in [-0.39, 0.29) is 11.9 Å². The maximum atomic E-state index is 11.7. The minimum Gasteiger partial charge on any atom is -0.353 e. The van der Waals surface area contributed by atoms with Crippen LogP contribution in [-0.2, 0) is 11.3 Å². The summed E-state index contributed by atoms with van der Waals surface area (Å²) in [7, 11) is 0. The Morgan fingerprint density at radius 1 is 1.47 bits per heavy atom. The Labute approximate surface area is 117 Å². The molecule has 1 aromatic heterocycles. The van der Waals surface area contributed by atoms with E-state index in [1.54, 1.807) is 4.68 Å². The van der Waals surface area contributed by atoms with Crippen LogP contribution in [0.2, 0.25) is 0 Å². The topological polar surface area (TPSA) is 84.7 Å². The van der Waals surface area contributed by atoms with Gasteiger partial charge in [0.05, 0.1) is 12.3 Å². The van der Waals surface area contributed by atoms with Crippen LogP contribution in [0.25, 0.3) is 0 Å². The number of nitrogens with one attached hydrogen (secondary N) is 2. The molecule has 1 unspecified atom stereocenters. The molecule has 7 nitrogen and oxygen atoms in total. The van der Waals surface area contributed by atoms with E-state index < -0.39 is 0 Å². The first-order chi connectivity index (χ1) is 9.17. The number of amides is 1. The van der Waals surface area contributed by atoms with Gasteiger partial charge in [-0.15, -0.1) is 5.10 Å². The van der Waals surface area contributed by atoms with Crippen LogP contribution < -0.4 is 10.6 Å². The van der Waals surface area contributed by atoms with Gasteiger partial charge >= 0.3 is 0 Å². The van der Waals surface area contributed by atoms with Crippen molar-refractivity contribution < 1.29 is 4.79 Å². The number of likely N-dealkylation sites (N-methyl/N-ethyl adjacent to an activating group) is 1. The molecule has 1 atom stereocenters. The number of aromatic nitrogens is 4. The first kappa shape index (κ1) is 15.9. The Morgan fingerprint density at radius 3 is 2.95 bits per heavy atom. The third kappa shape index (κ3) is 6.02. The molecule has 0 aliphatic heterocycles. The Bertz CT molecular complexity index is 383. The number of tetrazole rings is 1. The highest BCUT2D eigenvalue weighted by molar-refractivity contribution is 7.99. The van der Waals surface area contributed by atoms with Crippen LogP contribution in [0.4, 0.5) is 0 Å². The van der Waals surface area contributed by atoms with E-state index in [2.05, 4.69) is 33.1 Å². The zero-order chi connectivity index (χ0) is 14.1. The lowest BCUT2D eigenvalue weighted by Gasteiger charge is -2.10. The summed E-state index contributed by atoms with van der Waals surface area (Å²) in [5, 5.41) is 18.3. The number of hydrogen-bond acceptors (Lipinski definition) is 6. The first-order valence-electron chi connectivity index (χ1n) is 6.56. The molecule has 0 fully saturated rings. The van der Waals surface area contributed by atoms with Crippen LogP contribution in [0, 0.1) is 0 Å². The molecule has 0 aliphatic rings. The average molecular weight is 286 g/mol. The highest BCUT2D eigenvalue weighted by atomic mass is 32.2. The van der Waals surface area contributed by atoms with Crippen molar-refractivity contribution in [2.24, 2.45) is 0 Å². The zero-order valence-electron chi connectivity index (χ0n) is 11.7. The van der Waals surface area contributed by atoms with Gasteiger partial charge in [0, 0.05) is 12.6 Å². The number of thioether (sulfide) groups is 1. The van der Waals surface area contributed by atoms with E-state index >= 15 is 0 Å². The van der Waals surface area contributed by atoms with E-state index in [9.17, 15) is 4.79 Å². The molecule has 1 amide bonds. The smallest absolute Gasteiger partial charge is 0.230 e. The average Bonchev–Trinajstić information content (AvgIpc) is 2.84. The molecular weight excluding hydrogens is 264 g/mol. The van der Waals surface area contributed by atoms with E-state index in [4.69, 9.17) is 0 Å². The van der Waals surface area contributed by atoms with Crippen molar-refractivity contribution in [2.75, 3.05) is 18.8 Å². The maximum Gasteiger partial charge on any atom is 0.230 e. The Morgan fingerprint density at radius 2 is 2.26 bits per heavy atom. The number of carbonyl (C=O) groups is 1. The Hall–Kier alpha value is -1.15. The van der Waals surface area contributed by atoms with Gasteiger partial charge in [-0.1, -0.05) is 25.6 Å². The van der Waals surface area contributed by atoms with Crippen LogP contribution in [-0.4, -0.2) is 51.0 Å². The van der Waals surface area contributed by atoms with E-state index in [1.807, 2.05) is 13.8 Å². The summed E-state index contributed by atoms with van der Waals surface area (Å²) in [4.78, 5) is 11.7. The lowest BCUT2D eigenvalue weighted by atomic mass is 10.3. The molecule has 1 rings (SSSR count).